The summed E-state index contributed by atoms with van der Waals surface area (Å²) in [4.78, 5) is 12.4. The molecular weight excluding hydrogens is 308 g/mol. The summed E-state index contributed by atoms with van der Waals surface area (Å²) in [5, 5.41) is 20.8. The molecule has 0 unspecified atom stereocenters. The standard InChI is InChI=1S/C17H24N4O3/c1-10-15(11(2)24-20-10)4-5-16(23)19-17(12-6-14(22)7-12)13-8-18-21(3)9-13/h8-9,12,14,17,22H,4-7H2,1-3H3,(H,19,23)/t12?,14?,17-/m1/s1. The van der Waals surface area contributed by atoms with Crippen LogP contribution in [0.3, 0.4) is 0 Å². The molecule has 1 fully saturated rings. The van der Waals surface area contributed by atoms with Crippen molar-refractivity contribution in [1.29, 1.82) is 0 Å². The van der Waals surface area contributed by atoms with Crippen LogP contribution in [0.2, 0.25) is 0 Å². The Morgan fingerprint density at radius 3 is 2.79 bits per heavy atom. The van der Waals surface area contributed by atoms with Gasteiger partial charge in [-0.2, -0.15) is 5.10 Å². The Labute approximate surface area is 141 Å². The van der Waals surface area contributed by atoms with Crippen molar-refractivity contribution in [2.24, 2.45) is 13.0 Å². The highest BCUT2D eigenvalue weighted by Crippen LogP contribution is 2.38. The van der Waals surface area contributed by atoms with Crippen molar-refractivity contribution in [1.82, 2.24) is 20.3 Å². The third-order valence-electron chi connectivity index (χ3n) is 4.80. The van der Waals surface area contributed by atoms with Crippen molar-refractivity contribution in [2.45, 2.75) is 51.7 Å². The van der Waals surface area contributed by atoms with Crippen LogP contribution in [-0.4, -0.2) is 32.1 Å². The lowest BCUT2D eigenvalue weighted by atomic mass is 9.75. The minimum atomic E-state index is -0.256. The Morgan fingerprint density at radius 1 is 1.50 bits per heavy atom. The van der Waals surface area contributed by atoms with Crippen LogP contribution >= 0.6 is 0 Å². The van der Waals surface area contributed by atoms with Crippen molar-refractivity contribution in [2.75, 3.05) is 0 Å². The molecule has 1 aliphatic carbocycles. The lowest BCUT2D eigenvalue weighted by Crippen LogP contribution is -2.41. The van der Waals surface area contributed by atoms with Gasteiger partial charge in [-0.15, -0.1) is 0 Å². The molecule has 0 radical (unpaired) electrons. The van der Waals surface area contributed by atoms with E-state index in [4.69, 9.17) is 4.52 Å². The van der Waals surface area contributed by atoms with Crippen LogP contribution in [0.5, 0.6) is 0 Å². The van der Waals surface area contributed by atoms with Crippen LogP contribution in [0.15, 0.2) is 16.9 Å². The van der Waals surface area contributed by atoms with E-state index in [-0.39, 0.29) is 24.0 Å². The summed E-state index contributed by atoms with van der Waals surface area (Å²) in [5.74, 6) is 1.02. The minimum absolute atomic E-state index is 0.00903. The number of carbonyl (C=O) groups excluding carboxylic acids is 1. The molecule has 1 amide bonds. The van der Waals surface area contributed by atoms with Crippen molar-refractivity contribution >= 4 is 5.91 Å². The lowest BCUT2D eigenvalue weighted by molar-refractivity contribution is -0.123. The summed E-state index contributed by atoms with van der Waals surface area (Å²) >= 11 is 0. The maximum Gasteiger partial charge on any atom is 0.220 e. The van der Waals surface area contributed by atoms with E-state index in [2.05, 4.69) is 15.6 Å². The first-order valence-corrected chi connectivity index (χ1v) is 8.31. The van der Waals surface area contributed by atoms with Gasteiger partial charge >= 0.3 is 0 Å². The number of aliphatic hydroxyl groups excluding tert-OH is 1. The molecular formula is C17H24N4O3. The smallest absolute Gasteiger partial charge is 0.220 e. The van der Waals surface area contributed by atoms with Gasteiger partial charge in [0.15, 0.2) is 0 Å². The number of carbonyl (C=O) groups is 1. The first-order valence-electron chi connectivity index (χ1n) is 8.31. The number of amides is 1. The van der Waals surface area contributed by atoms with Gasteiger partial charge in [0.05, 0.1) is 24.0 Å². The number of nitrogens with one attached hydrogen (secondary N) is 1. The van der Waals surface area contributed by atoms with Crippen molar-refractivity contribution in [3.63, 3.8) is 0 Å². The molecule has 2 aromatic heterocycles. The number of hydrogen-bond acceptors (Lipinski definition) is 5. The van der Waals surface area contributed by atoms with E-state index in [0.717, 1.165) is 22.6 Å². The largest absolute Gasteiger partial charge is 0.393 e. The summed E-state index contributed by atoms with van der Waals surface area (Å²) in [6.07, 6.45) is 5.87. The predicted octanol–water partition coefficient (Wildman–Crippen LogP) is 1.59. The molecule has 0 spiro atoms. The highest BCUT2D eigenvalue weighted by Gasteiger charge is 2.36. The van der Waals surface area contributed by atoms with E-state index in [9.17, 15) is 9.90 Å². The van der Waals surface area contributed by atoms with Crippen LogP contribution in [0.25, 0.3) is 0 Å². The molecule has 2 heterocycles. The first-order chi connectivity index (χ1) is 11.4. The molecule has 0 aliphatic heterocycles. The van der Waals surface area contributed by atoms with Gasteiger partial charge in [-0.3, -0.25) is 9.48 Å². The molecule has 2 N–H and O–H groups in total. The molecule has 2 aromatic rings. The average Bonchev–Trinajstić information content (AvgIpc) is 3.06. The van der Waals surface area contributed by atoms with Crippen LogP contribution in [0, 0.1) is 19.8 Å². The lowest BCUT2D eigenvalue weighted by Gasteiger charge is -2.37. The number of hydrogen-bond donors (Lipinski definition) is 2. The molecule has 1 aliphatic rings. The van der Waals surface area contributed by atoms with Gasteiger partial charge in [0.1, 0.15) is 5.76 Å². The van der Waals surface area contributed by atoms with E-state index < -0.39 is 0 Å². The first kappa shape index (κ1) is 16.7. The van der Waals surface area contributed by atoms with Crippen molar-refractivity contribution in [3.8, 4) is 0 Å². The van der Waals surface area contributed by atoms with Gasteiger partial charge in [0.2, 0.25) is 5.91 Å². The third kappa shape index (κ3) is 3.51. The van der Waals surface area contributed by atoms with Crippen LogP contribution in [0.1, 0.15) is 47.9 Å². The van der Waals surface area contributed by atoms with Gasteiger partial charge in [0.25, 0.3) is 0 Å². The highest BCUT2D eigenvalue weighted by molar-refractivity contribution is 5.76. The Morgan fingerprint density at radius 2 is 2.25 bits per heavy atom. The summed E-state index contributed by atoms with van der Waals surface area (Å²) in [7, 11) is 1.86. The van der Waals surface area contributed by atoms with Crippen LogP contribution < -0.4 is 5.32 Å². The Bertz CT molecular complexity index is 696. The molecule has 130 valence electrons. The molecule has 0 aromatic carbocycles. The number of aromatic nitrogens is 3. The fourth-order valence-corrected chi connectivity index (χ4v) is 3.32. The second-order valence-corrected chi connectivity index (χ2v) is 6.68. The fourth-order valence-electron chi connectivity index (χ4n) is 3.32. The molecule has 7 heteroatoms. The normalized spacial score (nSPS) is 21.3. The molecule has 1 atom stereocenters. The number of rotatable bonds is 6. The molecule has 7 nitrogen and oxygen atoms in total. The van der Waals surface area contributed by atoms with E-state index in [1.807, 2.05) is 27.1 Å². The zero-order valence-corrected chi connectivity index (χ0v) is 14.3. The second-order valence-electron chi connectivity index (χ2n) is 6.68. The molecule has 3 rings (SSSR count). The SMILES string of the molecule is Cc1noc(C)c1CCC(=O)N[C@@H](c1cnn(C)c1)C1CC(O)C1. The van der Waals surface area contributed by atoms with Gasteiger partial charge in [-0.25, -0.2) is 0 Å². The molecule has 1 saturated carbocycles. The number of nitrogens with zero attached hydrogens (tertiary/aromatic N) is 3. The quantitative estimate of drug-likeness (QED) is 0.838. The minimum Gasteiger partial charge on any atom is -0.393 e. The van der Waals surface area contributed by atoms with Gasteiger partial charge < -0.3 is 14.9 Å². The monoisotopic (exact) mass is 332 g/mol. The molecule has 0 bridgehead atoms. The Balaban J connectivity index is 1.63. The zero-order chi connectivity index (χ0) is 17.3. The summed E-state index contributed by atoms with van der Waals surface area (Å²) in [5.41, 5.74) is 2.83. The number of aliphatic hydroxyl groups is 1. The number of aryl methyl sites for hydroxylation is 3. The summed E-state index contributed by atoms with van der Waals surface area (Å²) in [6, 6.07) is -0.0979. The topological polar surface area (TPSA) is 93.2 Å². The second kappa shape index (κ2) is 6.76. The van der Waals surface area contributed by atoms with E-state index in [0.29, 0.717) is 25.7 Å². The zero-order valence-electron chi connectivity index (χ0n) is 14.3. The van der Waals surface area contributed by atoms with Crippen molar-refractivity contribution in [3.05, 3.63) is 35.0 Å². The van der Waals surface area contributed by atoms with Gasteiger partial charge in [0, 0.05) is 30.8 Å². The maximum atomic E-state index is 12.4. The van der Waals surface area contributed by atoms with Crippen LogP contribution in [0.4, 0.5) is 0 Å². The van der Waals surface area contributed by atoms with Crippen LogP contribution in [-0.2, 0) is 18.3 Å². The Kier molecular flexibility index (Phi) is 4.71. The summed E-state index contributed by atoms with van der Waals surface area (Å²) < 4.78 is 6.87. The van der Waals surface area contributed by atoms with Crippen molar-refractivity contribution < 1.29 is 14.4 Å². The van der Waals surface area contributed by atoms with Gasteiger partial charge in [-0.1, -0.05) is 5.16 Å². The van der Waals surface area contributed by atoms with Gasteiger partial charge in [-0.05, 0) is 39.0 Å². The molecule has 24 heavy (non-hydrogen) atoms. The maximum absolute atomic E-state index is 12.4. The third-order valence-corrected chi connectivity index (χ3v) is 4.80. The van der Waals surface area contributed by atoms with E-state index >= 15 is 0 Å². The molecule has 0 saturated heterocycles. The Hall–Kier alpha value is -2.15. The highest BCUT2D eigenvalue weighted by atomic mass is 16.5. The predicted molar refractivity (Wildman–Crippen MR) is 87.1 cm³/mol. The van der Waals surface area contributed by atoms with E-state index in [1.165, 1.54) is 0 Å². The summed E-state index contributed by atoms with van der Waals surface area (Å²) in [6.45, 7) is 3.75. The fraction of sp³-hybridized carbons (Fsp3) is 0.588. The average molecular weight is 332 g/mol. The van der Waals surface area contributed by atoms with E-state index in [1.54, 1.807) is 10.9 Å².